The molecule has 0 spiro atoms. The van der Waals surface area contributed by atoms with Gasteiger partial charge in [-0.2, -0.15) is 0 Å². The van der Waals surface area contributed by atoms with Crippen molar-refractivity contribution < 1.29 is 18.3 Å². The molecule has 0 aliphatic carbocycles. The fraction of sp³-hybridized carbons (Fsp3) is 0.0833. The minimum absolute atomic E-state index is 0.174. The molecule has 1 aromatic heterocycles. The Kier molecular flexibility index (Phi) is 3.93. The largest absolute Gasteiger partial charge is 0.478 e. The van der Waals surface area contributed by atoms with E-state index in [2.05, 4.69) is 0 Å². The van der Waals surface area contributed by atoms with Gasteiger partial charge in [0.05, 0.1) is 20.5 Å². The summed E-state index contributed by atoms with van der Waals surface area (Å²) in [6.45, 7) is 0. The molecule has 0 aliphatic rings. The van der Waals surface area contributed by atoms with Crippen LogP contribution in [0.3, 0.4) is 0 Å². The van der Waals surface area contributed by atoms with Crippen LogP contribution in [-0.4, -0.2) is 19.5 Å². The molecule has 0 radical (unpaired) electrons. The van der Waals surface area contributed by atoms with Gasteiger partial charge in [0.25, 0.3) is 0 Å². The second-order valence-corrected chi connectivity index (χ2v) is 7.52. The van der Waals surface area contributed by atoms with Crippen LogP contribution in [0.5, 0.6) is 0 Å². The highest BCUT2D eigenvalue weighted by Gasteiger charge is 2.22. The molecule has 0 bridgehead atoms. The molecule has 1 heterocycles. The fourth-order valence-corrected chi connectivity index (χ4v) is 4.60. The van der Waals surface area contributed by atoms with Gasteiger partial charge in [-0.05, 0) is 24.3 Å². The first-order valence-electron chi connectivity index (χ1n) is 5.19. The zero-order chi connectivity index (χ0) is 14.0. The number of thiophene rings is 1. The van der Waals surface area contributed by atoms with Crippen LogP contribution in [-0.2, 0) is 15.6 Å². The molecular formula is C12H9ClO4S2. The molecule has 4 nitrogen and oxygen atoms in total. The minimum Gasteiger partial charge on any atom is -0.478 e. The Hall–Kier alpha value is -1.37. The predicted molar refractivity (Wildman–Crippen MR) is 73.6 cm³/mol. The van der Waals surface area contributed by atoms with Gasteiger partial charge in [0.1, 0.15) is 0 Å². The van der Waals surface area contributed by atoms with Crippen molar-refractivity contribution >= 4 is 38.7 Å². The predicted octanol–water partition coefficient (Wildman–Crippen LogP) is 3.07. The van der Waals surface area contributed by atoms with Gasteiger partial charge in [-0.1, -0.05) is 23.7 Å². The second-order valence-electron chi connectivity index (χ2n) is 3.77. The van der Waals surface area contributed by atoms with E-state index in [0.717, 1.165) is 11.3 Å². The Labute approximate surface area is 119 Å². The lowest BCUT2D eigenvalue weighted by molar-refractivity contribution is 0.0692. The molecule has 2 aromatic rings. The zero-order valence-electron chi connectivity index (χ0n) is 9.54. The summed E-state index contributed by atoms with van der Waals surface area (Å²) in [5.74, 6) is -1.52. The number of halogens is 1. The summed E-state index contributed by atoms with van der Waals surface area (Å²) < 4.78 is 25.0. The van der Waals surface area contributed by atoms with Crippen LogP contribution in [0.2, 0.25) is 4.34 Å². The highest BCUT2D eigenvalue weighted by atomic mass is 35.5. The first-order chi connectivity index (χ1) is 8.90. The van der Waals surface area contributed by atoms with Gasteiger partial charge >= 0.3 is 5.97 Å². The smallest absolute Gasteiger partial charge is 0.337 e. The monoisotopic (exact) mass is 316 g/mol. The molecule has 0 aliphatic heterocycles. The van der Waals surface area contributed by atoms with E-state index >= 15 is 0 Å². The van der Waals surface area contributed by atoms with Crippen molar-refractivity contribution in [2.24, 2.45) is 0 Å². The van der Waals surface area contributed by atoms with Gasteiger partial charge in [-0.3, -0.25) is 0 Å². The molecule has 0 fully saturated rings. The number of rotatable bonds is 4. The Balaban J connectivity index is 2.43. The lowest BCUT2D eigenvalue weighted by Crippen LogP contribution is -2.10. The zero-order valence-corrected chi connectivity index (χ0v) is 11.9. The summed E-state index contributed by atoms with van der Waals surface area (Å²) in [5, 5.41) is 9.02. The Morgan fingerprint density at radius 1 is 1.21 bits per heavy atom. The van der Waals surface area contributed by atoms with Crippen LogP contribution in [0.4, 0.5) is 0 Å². The van der Waals surface area contributed by atoms with E-state index < -0.39 is 15.8 Å². The van der Waals surface area contributed by atoms with E-state index in [4.69, 9.17) is 16.7 Å². The van der Waals surface area contributed by atoms with Crippen LogP contribution >= 0.6 is 22.9 Å². The maximum Gasteiger partial charge on any atom is 0.337 e. The highest BCUT2D eigenvalue weighted by Crippen LogP contribution is 2.26. The number of hydrogen-bond acceptors (Lipinski definition) is 4. The summed E-state index contributed by atoms with van der Waals surface area (Å²) in [5.41, 5.74) is -0.217. The summed E-state index contributed by atoms with van der Waals surface area (Å²) in [6, 6.07) is 8.80. The number of carboxylic acid groups (broad SMARTS) is 1. The molecule has 0 atom stereocenters. The van der Waals surface area contributed by atoms with E-state index in [-0.39, 0.29) is 16.2 Å². The average molecular weight is 317 g/mol. The maximum absolute atomic E-state index is 12.2. The summed E-state index contributed by atoms with van der Waals surface area (Å²) in [7, 11) is -3.70. The van der Waals surface area contributed by atoms with Crippen molar-refractivity contribution in [2.45, 2.75) is 10.6 Å². The standard InChI is InChI=1S/C12H9ClO4S2/c13-11-6-5-8(18-11)7-19(16,17)10-4-2-1-3-9(10)12(14)15/h1-6H,7H2,(H,14,15). The van der Waals surface area contributed by atoms with Gasteiger partial charge in [-0.15, -0.1) is 11.3 Å². The summed E-state index contributed by atoms with van der Waals surface area (Å²) >= 11 is 6.91. The SMILES string of the molecule is O=C(O)c1ccccc1S(=O)(=O)Cc1ccc(Cl)s1. The minimum atomic E-state index is -3.70. The second kappa shape index (κ2) is 5.32. The third kappa shape index (κ3) is 3.15. The fourth-order valence-electron chi connectivity index (χ4n) is 1.61. The number of benzene rings is 1. The number of hydrogen-bond donors (Lipinski definition) is 1. The lowest BCUT2D eigenvalue weighted by Gasteiger charge is -2.06. The van der Waals surface area contributed by atoms with E-state index in [1.165, 1.54) is 24.3 Å². The summed E-state index contributed by atoms with van der Waals surface area (Å²) in [6.07, 6.45) is 0. The molecule has 7 heteroatoms. The quantitative estimate of drug-likeness (QED) is 0.941. The van der Waals surface area contributed by atoms with Crippen molar-refractivity contribution in [2.75, 3.05) is 0 Å². The normalized spacial score (nSPS) is 11.4. The molecule has 0 saturated heterocycles. The topological polar surface area (TPSA) is 71.4 Å². The number of carbonyl (C=O) groups is 1. The van der Waals surface area contributed by atoms with Crippen molar-refractivity contribution in [3.05, 3.63) is 51.2 Å². The first kappa shape index (κ1) is 14.0. The first-order valence-corrected chi connectivity index (χ1v) is 8.04. The lowest BCUT2D eigenvalue weighted by atomic mass is 10.2. The van der Waals surface area contributed by atoms with Crippen LogP contribution in [0.15, 0.2) is 41.3 Å². The van der Waals surface area contributed by atoms with Crippen molar-refractivity contribution in [1.82, 2.24) is 0 Å². The van der Waals surface area contributed by atoms with Crippen LogP contribution in [0.1, 0.15) is 15.2 Å². The Bertz CT molecular complexity index is 719. The third-order valence-corrected chi connectivity index (χ3v) is 5.54. The molecule has 100 valence electrons. The summed E-state index contributed by atoms with van der Waals surface area (Å²) in [4.78, 5) is 11.4. The van der Waals surface area contributed by atoms with Gasteiger partial charge in [0, 0.05) is 4.88 Å². The van der Waals surface area contributed by atoms with E-state index in [1.54, 1.807) is 12.1 Å². The van der Waals surface area contributed by atoms with Crippen LogP contribution in [0.25, 0.3) is 0 Å². The number of aromatic carboxylic acids is 1. The Morgan fingerprint density at radius 2 is 1.89 bits per heavy atom. The third-order valence-electron chi connectivity index (χ3n) is 2.41. The van der Waals surface area contributed by atoms with E-state index in [0.29, 0.717) is 9.21 Å². The molecule has 2 rings (SSSR count). The van der Waals surface area contributed by atoms with Crippen molar-refractivity contribution in [3.63, 3.8) is 0 Å². The van der Waals surface area contributed by atoms with Gasteiger partial charge in [-0.25, -0.2) is 13.2 Å². The van der Waals surface area contributed by atoms with Gasteiger partial charge in [0.15, 0.2) is 9.84 Å². The van der Waals surface area contributed by atoms with Crippen LogP contribution in [0, 0.1) is 0 Å². The average Bonchev–Trinajstić information content (AvgIpc) is 2.74. The Morgan fingerprint density at radius 3 is 2.47 bits per heavy atom. The number of sulfone groups is 1. The van der Waals surface area contributed by atoms with Gasteiger partial charge in [0.2, 0.25) is 0 Å². The molecule has 0 saturated carbocycles. The highest BCUT2D eigenvalue weighted by molar-refractivity contribution is 7.90. The molecular weight excluding hydrogens is 308 g/mol. The van der Waals surface area contributed by atoms with Crippen molar-refractivity contribution in [1.29, 1.82) is 0 Å². The molecule has 1 N–H and O–H groups in total. The van der Waals surface area contributed by atoms with Crippen LogP contribution < -0.4 is 0 Å². The molecule has 19 heavy (non-hydrogen) atoms. The van der Waals surface area contributed by atoms with E-state index in [9.17, 15) is 13.2 Å². The molecule has 0 unspecified atom stereocenters. The molecule has 0 amide bonds. The molecule has 1 aromatic carbocycles. The maximum atomic E-state index is 12.2. The van der Waals surface area contributed by atoms with E-state index in [1.807, 2.05) is 0 Å². The number of carboxylic acids is 1. The van der Waals surface area contributed by atoms with Crippen molar-refractivity contribution in [3.8, 4) is 0 Å². The van der Waals surface area contributed by atoms with Gasteiger partial charge < -0.3 is 5.11 Å².